The van der Waals surface area contributed by atoms with Crippen molar-refractivity contribution in [1.29, 1.82) is 0 Å². The first kappa shape index (κ1) is 14.2. The first-order valence-electron chi connectivity index (χ1n) is 5.77. The molecule has 0 aliphatic rings. The van der Waals surface area contributed by atoms with Crippen molar-refractivity contribution < 1.29 is 4.92 Å². The van der Waals surface area contributed by atoms with Crippen LogP contribution >= 0.6 is 27.3 Å². The second kappa shape index (κ2) is 6.27. The Hall–Kier alpha value is -1.24. The van der Waals surface area contributed by atoms with Crippen LogP contribution in [-0.2, 0) is 6.54 Å². The van der Waals surface area contributed by atoms with E-state index in [0.29, 0.717) is 16.6 Å². The van der Waals surface area contributed by atoms with Crippen LogP contribution in [0.5, 0.6) is 0 Å². The fourth-order valence-electron chi connectivity index (χ4n) is 1.76. The molecule has 19 heavy (non-hydrogen) atoms. The highest BCUT2D eigenvalue weighted by Gasteiger charge is 2.15. The van der Waals surface area contributed by atoms with Gasteiger partial charge in [0.1, 0.15) is 0 Å². The topological polar surface area (TPSA) is 55.2 Å². The molecule has 0 spiro atoms. The van der Waals surface area contributed by atoms with E-state index < -0.39 is 0 Å². The van der Waals surface area contributed by atoms with Crippen LogP contribution in [0.4, 0.5) is 5.69 Å². The van der Waals surface area contributed by atoms with Gasteiger partial charge in [-0.1, -0.05) is 22.0 Å². The number of nitro groups is 1. The van der Waals surface area contributed by atoms with Crippen molar-refractivity contribution in [3.63, 3.8) is 0 Å². The molecule has 1 N–H and O–H groups in total. The highest BCUT2D eigenvalue weighted by atomic mass is 79.9. The smallest absolute Gasteiger partial charge is 0.275 e. The van der Waals surface area contributed by atoms with E-state index >= 15 is 0 Å². The lowest BCUT2D eigenvalue weighted by molar-refractivity contribution is -0.385. The minimum atomic E-state index is -0.350. The molecule has 2 aromatic rings. The second-order valence-electron chi connectivity index (χ2n) is 4.15. The summed E-state index contributed by atoms with van der Waals surface area (Å²) in [5.74, 6) is 0. The van der Waals surface area contributed by atoms with Crippen molar-refractivity contribution in [2.24, 2.45) is 0 Å². The van der Waals surface area contributed by atoms with Gasteiger partial charge in [0.15, 0.2) is 0 Å². The largest absolute Gasteiger partial charge is 0.305 e. The van der Waals surface area contributed by atoms with Crippen molar-refractivity contribution in [3.05, 3.63) is 60.7 Å². The Morgan fingerprint density at radius 3 is 2.89 bits per heavy atom. The molecular weight excluding hydrogens is 328 g/mol. The van der Waals surface area contributed by atoms with Gasteiger partial charge in [-0.25, -0.2) is 0 Å². The van der Waals surface area contributed by atoms with Gasteiger partial charge >= 0.3 is 0 Å². The highest BCUT2D eigenvalue weighted by Crippen LogP contribution is 2.25. The van der Waals surface area contributed by atoms with Crippen LogP contribution in [0.25, 0.3) is 0 Å². The highest BCUT2D eigenvalue weighted by molar-refractivity contribution is 9.10. The third-order valence-electron chi connectivity index (χ3n) is 2.81. The first-order chi connectivity index (χ1) is 9.08. The Labute approximate surface area is 123 Å². The normalized spacial score (nSPS) is 12.3. The maximum atomic E-state index is 11.0. The number of hydrogen-bond donors (Lipinski definition) is 1. The van der Waals surface area contributed by atoms with Crippen molar-refractivity contribution in [1.82, 2.24) is 5.32 Å². The summed E-state index contributed by atoms with van der Waals surface area (Å²) in [5.41, 5.74) is 0.830. The maximum Gasteiger partial charge on any atom is 0.275 e. The van der Waals surface area contributed by atoms with Gasteiger partial charge in [-0.15, -0.1) is 11.3 Å². The summed E-state index contributed by atoms with van der Waals surface area (Å²) < 4.78 is 0.717. The number of nitrogens with zero attached hydrogens (tertiary/aromatic N) is 1. The van der Waals surface area contributed by atoms with E-state index in [9.17, 15) is 10.1 Å². The lowest BCUT2D eigenvalue weighted by atomic mass is 10.1. The van der Waals surface area contributed by atoms with Crippen molar-refractivity contribution in [2.45, 2.75) is 19.5 Å². The summed E-state index contributed by atoms with van der Waals surface area (Å²) in [5, 5.41) is 16.3. The Morgan fingerprint density at radius 2 is 2.26 bits per heavy atom. The zero-order valence-electron chi connectivity index (χ0n) is 10.3. The van der Waals surface area contributed by atoms with E-state index in [2.05, 4.69) is 34.2 Å². The van der Waals surface area contributed by atoms with Crippen molar-refractivity contribution in [3.8, 4) is 0 Å². The van der Waals surface area contributed by atoms with Gasteiger partial charge in [-0.2, -0.15) is 0 Å². The Balaban J connectivity index is 2.09. The van der Waals surface area contributed by atoms with E-state index in [-0.39, 0.29) is 16.7 Å². The van der Waals surface area contributed by atoms with Gasteiger partial charge in [-0.05, 0) is 30.5 Å². The molecule has 0 saturated carbocycles. The third-order valence-corrected chi connectivity index (χ3v) is 4.36. The number of thiophene rings is 1. The molecule has 1 heterocycles. The number of nitro benzene ring substituents is 1. The number of benzene rings is 1. The molecule has 1 aromatic carbocycles. The molecule has 0 fully saturated rings. The first-order valence-corrected chi connectivity index (χ1v) is 7.45. The predicted octanol–water partition coefficient (Wildman–Crippen LogP) is 4.27. The van der Waals surface area contributed by atoms with Crippen LogP contribution in [-0.4, -0.2) is 4.92 Å². The van der Waals surface area contributed by atoms with Gasteiger partial charge in [0.2, 0.25) is 0 Å². The minimum Gasteiger partial charge on any atom is -0.305 e. The average Bonchev–Trinajstić information content (AvgIpc) is 2.90. The monoisotopic (exact) mass is 340 g/mol. The minimum absolute atomic E-state index is 0.139. The summed E-state index contributed by atoms with van der Waals surface area (Å²) in [7, 11) is 0. The molecule has 0 aliphatic carbocycles. The van der Waals surface area contributed by atoms with Gasteiger partial charge in [0.05, 0.1) is 4.92 Å². The van der Waals surface area contributed by atoms with Gasteiger partial charge in [0.25, 0.3) is 5.69 Å². The van der Waals surface area contributed by atoms with E-state index in [1.54, 1.807) is 17.4 Å². The zero-order valence-corrected chi connectivity index (χ0v) is 12.7. The van der Waals surface area contributed by atoms with Crippen LogP contribution in [0.1, 0.15) is 23.4 Å². The van der Waals surface area contributed by atoms with Crippen molar-refractivity contribution in [2.75, 3.05) is 0 Å². The third kappa shape index (κ3) is 3.62. The van der Waals surface area contributed by atoms with Crippen LogP contribution in [0, 0.1) is 10.1 Å². The molecule has 6 heteroatoms. The van der Waals surface area contributed by atoms with Crippen LogP contribution in [0.15, 0.2) is 40.2 Å². The molecule has 4 nitrogen and oxygen atoms in total. The summed E-state index contributed by atoms with van der Waals surface area (Å²) >= 11 is 4.93. The van der Waals surface area contributed by atoms with Gasteiger partial charge in [0, 0.05) is 33.6 Å². The van der Waals surface area contributed by atoms with Crippen molar-refractivity contribution >= 4 is 33.0 Å². The molecule has 1 aromatic heterocycles. The Bertz CT molecular complexity index is 572. The Morgan fingerprint density at radius 1 is 1.47 bits per heavy atom. The molecule has 2 rings (SSSR count). The number of halogens is 1. The number of nitrogens with one attached hydrogen (secondary N) is 1. The summed E-state index contributed by atoms with van der Waals surface area (Å²) in [6.07, 6.45) is 0. The molecule has 0 amide bonds. The number of rotatable bonds is 5. The summed E-state index contributed by atoms with van der Waals surface area (Å²) in [6.45, 7) is 2.53. The molecule has 1 atom stereocenters. The van der Waals surface area contributed by atoms with Crippen LogP contribution in [0.2, 0.25) is 0 Å². The SMILES string of the molecule is C[C@@H](NCc1ccc(Br)cc1[N+](=O)[O-])c1cccs1. The molecule has 100 valence electrons. The van der Waals surface area contributed by atoms with Gasteiger partial charge < -0.3 is 5.32 Å². The Kier molecular flexibility index (Phi) is 4.68. The fourth-order valence-corrected chi connectivity index (χ4v) is 2.87. The van der Waals surface area contributed by atoms with E-state index in [4.69, 9.17) is 0 Å². The fraction of sp³-hybridized carbons (Fsp3) is 0.231. The number of hydrogen-bond acceptors (Lipinski definition) is 4. The zero-order chi connectivity index (χ0) is 13.8. The van der Waals surface area contributed by atoms with E-state index in [1.165, 1.54) is 10.9 Å². The molecule has 0 saturated heterocycles. The van der Waals surface area contributed by atoms with Crippen LogP contribution in [0.3, 0.4) is 0 Å². The van der Waals surface area contributed by atoms with Crippen LogP contribution < -0.4 is 5.32 Å². The standard InChI is InChI=1S/C13H13BrN2O2S/c1-9(13-3-2-6-19-13)15-8-10-4-5-11(14)7-12(10)16(17)18/h2-7,9,15H,8H2,1H3/t9-/m1/s1. The molecule has 0 radical (unpaired) electrons. The molecule has 0 unspecified atom stereocenters. The quantitative estimate of drug-likeness (QED) is 0.653. The maximum absolute atomic E-state index is 11.0. The average molecular weight is 341 g/mol. The lowest BCUT2D eigenvalue weighted by Crippen LogP contribution is -2.17. The molecule has 0 aliphatic heterocycles. The summed E-state index contributed by atoms with van der Waals surface area (Å²) in [4.78, 5) is 11.9. The second-order valence-corrected chi connectivity index (χ2v) is 6.04. The van der Waals surface area contributed by atoms with E-state index in [0.717, 1.165) is 0 Å². The van der Waals surface area contributed by atoms with E-state index in [1.807, 2.05) is 17.5 Å². The summed E-state index contributed by atoms with van der Waals surface area (Å²) in [6, 6.07) is 9.37. The predicted molar refractivity (Wildman–Crippen MR) is 80.4 cm³/mol. The molecule has 0 bridgehead atoms. The molecular formula is C13H13BrN2O2S. The van der Waals surface area contributed by atoms with Gasteiger partial charge in [-0.3, -0.25) is 10.1 Å². The lowest BCUT2D eigenvalue weighted by Gasteiger charge is -2.12.